The van der Waals surface area contributed by atoms with Crippen LogP contribution in [0.2, 0.25) is 0 Å². The smallest absolute Gasteiger partial charge is 0.226 e. The van der Waals surface area contributed by atoms with Crippen molar-refractivity contribution in [1.29, 1.82) is 0 Å². The number of aliphatic hydroxyl groups is 1. The molecule has 0 atom stereocenters. The van der Waals surface area contributed by atoms with Crippen molar-refractivity contribution in [3.8, 4) is 17.1 Å². The van der Waals surface area contributed by atoms with Crippen molar-refractivity contribution in [2.75, 3.05) is 0 Å². The summed E-state index contributed by atoms with van der Waals surface area (Å²) in [6, 6.07) is 15.9. The van der Waals surface area contributed by atoms with Crippen LogP contribution in [-0.2, 0) is 6.61 Å². The molecule has 0 saturated heterocycles. The summed E-state index contributed by atoms with van der Waals surface area (Å²) < 4.78 is 7.39. The van der Waals surface area contributed by atoms with Gasteiger partial charge in [0.25, 0.3) is 0 Å². The molecule has 0 fully saturated rings. The third-order valence-electron chi connectivity index (χ3n) is 3.56. The highest BCUT2D eigenvalue weighted by molar-refractivity contribution is 5.77. The predicted octanol–water partition coefficient (Wildman–Crippen LogP) is 3.17. The normalized spacial score (nSPS) is 11.1. The number of rotatable bonds is 3. The first-order valence-electron chi connectivity index (χ1n) is 6.93. The number of hydrogen-bond donors (Lipinski definition) is 1. The van der Waals surface area contributed by atoms with Crippen molar-refractivity contribution in [2.24, 2.45) is 0 Å². The maximum Gasteiger partial charge on any atom is 0.226 e. The number of oxazole rings is 1. The number of aliphatic hydroxyl groups excluding tert-OH is 1. The Hall–Kier alpha value is -2.92. The third kappa shape index (κ3) is 2.08. The van der Waals surface area contributed by atoms with Gasteiger partial charge in [-0.05, 0) is 36.4 Å². The fraction of sp³-hybridized carbons (Fsp3) is 0.0588. The minimum atomic E-state index is -0.122. The van der Waals surface area contributed by atoms with Gasteiger partial charge in [-0.2, -0.15) is 0 Å². The van der Waals surface area contributed by atoms with Crippen LogP contribution in [0.4, 0.5) is 0 Å². The minimum absolute atomic E-state index is 0.122. The zero-order valence-corrected chi connectivity index (χ0v) is 11.7. The number of aromatic nitrogens is 3. The molecule has 5 heteroatoms. The van der Waals surface area contributed by atoms with Crippen molar-refractivity contribution < 1.29 is 9.52 Å². The Morgan fingerprint density at radius 1 is 1.05 bits per heavy atom. The van der Waals surface area contributed by atoms with Crippen LogP contribution in [0.5, 0.6) is 0 Å². The minimum Gasteiger partial charge on any atom is -0.444 e. The van der Waals surface area contributed by atoms with E-state index in [0.29, 0.717) is 11.6 Å². The Labute approximate surface area is 126 Å². The van der Waals surface area contributed by atoms with Crippen molar-refractivity contribution in [3.63, 3.8) is 0 Å². The van der Waals surface area contributed by atoms with E-state index < -0.39 is 0 Å². The lowest BCUT2D eigenvalue weighted by Gasteiger charge is -2.04. The van der Waals surface area contributed by atoms with Crippen molar-refractivity contribution >= 4 is 11.0 Å². The molecular formula is C17H13N3O2. The number of fused-ring (bicyclic) bond motifs is 1. The lowest BCUT2D eigenvalue weighted by molar-refractivity contribution is 0.276. The Morgan fingerprint density at radius 2 is 1.86 bits per heavy atom. The monoisotopic (exact) mass is 291 g/mol. The van der Waals surface area contributed by atoms with Crippen molar-refractivity contribution in [1.82, 2.24) is 14.5 Å². The first-order chi connectivity index (χ1) is 10.8. The van der Waals surface area contributed by atoms with Gasteiger partial charge in [0, 0.05) is 11.3 Å². The molecule has 2 aromatic carbocycles. The highest BCUT2D eigenvalue weighted by Gasteiger charge is 2.08. The number of nitrogens with zero attached hydrogens (tertiary/aromatic N) is 3. The first-order valence-corrected chi connectivity index (χ1v) is 6.93. The predicted molar refractivity (Wildman–Crippen MR) is 82.5 cm³/mol. The van der Waals surface area contributed by atoms with Gasteiger partial charge in [0.2, 0.25) is 5.89 Å². The lowest BCUT2D eigenvalue weighted by atomic mass is 10.2. The van der Waals surface area contributed by atoms with E-state index in [1.165, 1.54) is 6.26 Å². The van der Waals surface area contributed by atoms with Gasteiger partial charge >= 0.3 is 0 Å². The molecule has 108 valence electrons. The van der Waals surface area contributed by atoms with Crippen LogP contribution in [0.1, 0.15) is 5.69 Å². The number of para-hydroxylation sites is 2. The number of imidazole rings is 1. The van der Waals surface area contributed by atoms with Crippen LogP contribution < -0.4 is 0 Å². The zero-order chi connectivity index (χ0) is 14.9. The largest absolute Gasteiger partial charge is 0.444 e. The highest BCUT2D eigenvalue weighted by atomic mass is 16.3. The van der Waals surface area contributed by atoms with Crippen molar-refractivity contribution in [2.45, 2.75) is 6.61 Å². The van der Waals surface area contributed by atoms with E-state index >= 15 is 0 Å². The van der Waals surface area contributed by atoms with Crippen LogP contribution in [0.3, 0.4) is 0 Å². The molecule has 4 rings (SSSR count). The molecule has 0 amide bonds. The van der Waals surface area contributed by atoms with E-state index in [1.54, 1.807) is 0 Å². The van der Waals surface area contributed by atoms with Crippen LogP contribution in [0.25, 0.3) is 28.2 Å². The summed E-state index contributed by atoms with van der Waals surface area (Å²) in [6.45, 7) is -0.122. The maximum atomic E-state index is 9.03. The molecule has 22 heavy (non-hydrogen) atoms. The summed E-state index contributed by atoms with van der Waals surface area (Å²) in [4.78, 5) is 8.60. The van der Waals surface area contributed by atoms with Crippen LogP contribution >= 0.6 is 0 Å². The molecule has 5 nitrogen and oxygen atoms in total. The van der Waals surface area contributed by atoms with E-state index in [-0.39, 0.29) is 6.61 Å². The third-order valence-corrected chi connectivity index (χ3v) is 3.56. The van der Waals surface area contributed by atoms with E-state index in [0.717, 1.165) is 22.3 Å². The Kier molecular flexibility index (Phi) is 2.98. The van der Waals surface area contributed by atoms with Gasteiger partial charge in [-0.1, -0.05) is 12.1 Å². The van der Waals surface area contributed by atoms with E-state index in [2.05, 4.69) is 9.97 Å². The molecule has 0 spiro atoms. The van der Waals surface area contributed by atoms with Crippen LogP contribution in [0, 0.1) is 0 Å². The van der Waals surface area contributed by atoms with Gasteiger partial charge < -0.3 is 9.52 Å². The summed E-state index contributed by atoms with van der Waals surface area (Å²) >= 11 is 0. The van der Waals surface area contributed by atoms with Gasteiger partial charge in [-0.15, -0.1) is 0 Å². The van der Waals surface area contributed by atoms with Gasteiger partial charge in [-0.3, -0.25) is 4.57 Å². The van der Waals surface area contributed by atoms with Gasteiger partial charge in [0.05, 0.1) is 17.6 Å². The Bertz CT molecular complexity index is 922. The number of benzene rings is 2. The average molecular weight is 291 g/mol. The second-order valence-corrected chi connectivity index (χ2v) is 4.95. The Balaban J connectivity index is 1.72. The molecule has 0 aliphatic heterocycles. The lowest BCUT2D eigenvalue weighted by Crippen LogP contribution is -1.91. The summed E-state index contributed by atoms with van der Waals surface area (Å²) in [5, 5.41) is 9.03. The van der Waals surface area contributed by atoms with Crippen LogP contribution in [-0.4, -0.2) is 19.6 Å². The van der Waals surface area contributed by atoms with Gasteiger partial charge in [0.1, 0.15) is 18.3 Å². The fourth-order valence-corrected chi connectivity index (χ4v) is 2.44. The molecule has 0 bridgehead atoms. The average Bonchev–Trinajstić information content (AvgIpc) is 3.22. The summed E-state index contributed by atoms with van der Waals surface area (Å²) in [5.41, 5.74) is 4.44. The molecule has 2 aromatic heterocycles. The molecule has 0 saturated carbocycles. The standard InChI is InChI=1S/C17H13N3O2/c21-9-13-10-22-17(19-13)12-5-7-14(8-6-12)20-11-18-15-3-1-2-4-16(15)20/h1-8,10-11,21H,9H2. The molecule has 0 radical (unpaired) electrons. The highest BCUT2D eigenvalue weighted by Crippen LogP contribution is 2.23. The SMILES string of the molecule is OCc1coc(-c2ccc(-n3cnc4ccccc43)cc2)n1. The molecule has 0 aliphatic rings. The summed E-state index contributed by atoms with van der Waals surface area (Å²) in [5.74, 6) is 0.506. The Morgan fingerprint density at radius 3 is 2.64 bits per heavy atom. The van der Waals surface area contributed by atoms with E-state index in [9.17, 15) is 0 Å². The van der Waals surface area contributed by atoms with Gasteiger partial charge in [-0.25, -0.2) is 9.97 Å². The fourth-order valence-electron chi connectivity index (χ4n) is 2.44. The molecule has 2 heterocycles. The molecule has 0 aliphatic carbocycles. The maximum absolute atomic E-state index is 9.03. The molecule has 4 aromatic rings. The summed E-state index contributed by atoms with van der Waals surface area (Å²) in [7, 11) is 0. The molecule has 1 N–H and O–H groups in total. The second kappa shape index (κ2) is 5.13. The summed E-state index contributed by atoms with van der Waals surface area (Å²) in [6.07, 6.45) is 3.28. The number of hydrogen-bond acceptors (Lipinski definition) is 4. The first kappa shape index (κ1) is 12.8. The van der Waals surface area contributed by atoms with Crippen molar-refractivity contribution in [3.05, 3.63) is 66.8 Å². The quantitative estimate of drug-likeness (QED) is 0.629. The van der Waals surface area contributed by atoms with E-state index in [4.69, 9.17) is 9.52 Å². The molecular weight excluding hydrogens is 278 g/mol. The van der Waals surface area contributed by atoms with Gasteiger partial charge in [0.15, 0.2) is 0 Å². The molecule has 0 unspecified atom stereocenters. The zero-order valence-electron chi connectivity index (χ0n) is 11.7. The second-order valence-electron chi connectivity index (χ2n) is 4.95. The van der Waals surface area contributed by atoms with E-state index in [1.807, 2.05) is 59.4 Å². The topological polar surface area (TPSA) is 64.1 Å². The van der Waals surface area contributed by atoms with Crippen LogP contribution in [0.15, 0.2) is 65.5 Å².